The molecule has 1 heterocycles. The molecule has 1 aliphatic rings. The Hall–Kier alpha value is -2.27. The Morgan fingerprint density at radius 2 is 1.78 bits per heavy atom. The maximum absolute atomic E-state index is 12.9. The molecule has 1 amide bonds. The number of nitrogens with zero attached hydrogens (tertiary/aromatic N) is 1. The molecule has 166 valence electrons. The minimum absolute atomic E-state index is 0.0679. The highest BCUT2D eigenvalue weighted by Gasteiger charge is 2.25. The molecule has 1 N–H and O–H groups in total. The maximum Gasteiger partial charge on any atom is 0.227 e. The predicted molar refractivity (Wildman–Crippen MR) is 135 cm³/mol. The van der Waals surface area contributed by atoms with Gasteiger partial charge in [0.1, 0.15) is 0 Å². The van der Waals surface area contributed by atoms with Crippen LogP contribution in [0.3, 0.4) is 0 Å². The molecule has 0 bridgehead atoms. The van der Waals surface area contributed by atoms with Gasteiger partial charge in [0.25, 0.3) is 0 Å². The van der Waals surface area contributed by atoms with Gasteiger partial charge in [-0.3, -0.25) is 9.69 Å². The van der Waals surface area contributed by atoms with Gasteiger partial charge in [-0.2, -0.15) is 0 Å². The molecule has 3 nitrogen and oxygen atoms in total. The third-order valence-corrected chi connectivity index (χ3v) is 7.27. The lowest BCUT2D eigenvalue weighted by Crippen LogP contribution is -2.37. The van der Waals surface area contributed by atoms with Crippen molar-refractivity contribution in [2.75, 3.05) is 18.4 Å². The van der Waals surface area contributed by atoms with E-state index in [2.05, 4.69) is 59.6 Å². The molecule has 0 radical (unpaired) electrons. The van der Waals surface area contributed by atoms with E-state index in [1.54, 1.807) is 0 Å². The Morgan fingerprint density at radius 3 is 2.50 bits per heavy atom. The fourth-order valence-electron chi connectivity index (χ4n) is 4.12. The molecule has 4 rings (SSSR count). The van der Waals surface area contributed by atoms with E-state index in [1.165, 1.54) is 16.0 Å². The third kappa shape index (κ3) is 6.38. The second-order valence-corrected chi connectivity index (χ2v) is 9.91. The van der Waals surface area contributed by atoms with Crippen LogP contribution in [0, 0.1) is 12.8 Å². The van der Waals surface area contributed by atoms with Gasteiger partial charge >= 0.3 is 0 Å². The quantitative estimate of drug-likeness (QED) is 0.390. The zero-order valence-corrected chi connectivity index (χ0v) is 20.0. The number of hydrogen-bond donors (Lipinski definition) is 1. The number of benzene rings is 3. The van der Waals surface area contributed by atoms with Gasteiger partial charge in [-0.05, 0) is 79.9 Å². The van der Waals surface area contributed by atoms with Crippen LogP contribution in [-0.4, -0.2) is 23.9 Å². The van der Waals surface area contributed by atoms with Gasteiger partial charge < -0.3 is 5.32 Å². The van der Waals surface area contributed by atoms with Crippen molar-refractivity contribution in [3.05, 3.63) is 94.5 Å². The average molecular weight is 465 g/mol. The van der Waals surface area contributed by atoms with Gasteiger partial charge in [0.2, 0.25) is 5.91 Å². The summed E-state index contributed by atoms with van der Waals surface area (Å²) in [5.41, 5.74) is 4.53. The Morgan fingerprint density at radius 1 is 1.00 bits per heavy atom. The number of rotatable bonds is 7. The molecular formula is C27H29ClN2OS. The number of aryl methyl sites for hydroxylation is 1. The summed E-state index contributed by atoms with van der Waals surface area (Å²) in [5, 5.41) is 3.95. The predicted octanol–water partition coefficient (Wildman–Crippen LogP) is 6.79. The van der Waals surface area contributed by atoms with E-state index in [9.17, 15) is 4.79 Å². The number of amides is 1. The van der Waals surface area contributed by atoms with Crippen molar-refractivity contribution >= 4 is 35.0 Å². The second kappa shape index (κ2) is 11.0. The fraction of sp³-hybridized carbons (Fsp3) is 0.296. The minimum atomic E-state index is 0.0679. The number of likely N-dealkylation sites (tertiary alicyclic amines) is 1. The number of carbonyl (C=O) groups is 1. The van der Waals surface area contributed by atoms with Gasteiger partial charge in [0.15, 0.2) is 0 Å². The summed E-state index contributed by atoms with van der Waals surface area (Å²) >= 11 is 7.93. The van der Waals surface area contributed by atoms with Crippen LogP contribution >= 0.6 is 23.4 Å². The van der Waals surface area contributed by atoms with Crippen LogP contribution in [0.25, 0.3) is 0 Å². The Kier molecular flexibility index (Phi) is 7.90. The van der Waals surface area contributed by atoms with E-state index in [0.717, 1.165) is 54.5 Å². The monoisotopic (exact) mass is 464 g/mol. The topological polar surface area (TPSA) is 32.3 Å². The molecule has 0 unspecified atom stereocenters. The number of hydrogen-bond acceptors (Lipinski definition) is 3. The molecule has 1 saturated heterocycles. The summed E-state index contributed by atoms with van der Waals surface area (Å²) in [6.07, 6.45) is 1.77. The van der Waals surface area contributed by atoms with Gasteiger partial charge in [-0.1, -0.05) is 54.1 Å². The summed E-state index contributed by atoms with van der Waals surface area (Å²) < 4.78 is 0. The molecule has 1 fully saturated rings. The van der Waals surface area contributed by atoms with E-state index in [4.69, 9.17) is 11.6 Å². The first-order valence-electron chi connectivity index (χ1n) is 11.1. The van der Waals surface area contributed by atoms with E-state index in [1.807, 2.05) is 42.1 Å². The first-order chi connectivity index (χ1) is 15.6. The number of piperidine rings is 1. The summed E-state index contributed by atoms with van der Waals surface area (Å²) in [6.45, 7) is 4.81. The molecular weight excluding hydrogens is 436 g/mol. The zero-order chi connectivity index (χ0) is 22.3. The summed E-state index contributed by atoms with van der Waals surface area (Å²) in [6, 6.07) is 24.8. The highest BCUT2D eigenvalue weighted by molar-refractivity contribution is 7.98. The lowest BCUT2D eigenvalue weighted by atomic mass is 9.95. The Labute approximate surface area is 200 Å². The molecule has 3 aromatic carbocycles. The van der Waals surface area contributed by atoms with Crippen LogP contribution in [0.4, 0.5) is 5.69 Å². The first kappa shape index (κ1) is 22.9. The van der Waals surface area contributed by atoms with Gasteiger partial charge in [0.05, 0.1) is 0 Å². The number of halogens is 1. The number of thioether (sulfide) groups is 1. The number of carbonyl (C=O) groups excluding carboxylic acids is 1. The summed E-state index contributed by atoms with van der Waals surface area (Å²) in [5.74, 6) is 1.13. The van der Waals surface area contributed by atoms with Crippen molar-refractivity contribution in [1.29, 1.82) is 0 Å². The summed E-state index contributed by atoms with van der Waals surface area (Å²) in [4.78, 5) is 16.5. The van der Waals surface area contributed by atoms with Crippen molar-refractivity contribution in [3.63, 3.8) is 0 Å². The van der Waals surface area contributed by atoms with Crippen LogP contribution < -0.4 is 5.32 Å². The summed E-state index contributed by atoms with van der Waals surface area (Å²) in [7, 11) is 0. The molecule has 32 heavy (non-hydrogen) atoms. The van der Waals surface area contributed by atoms with Crippen LogP contribution in [0.15, 0.2) is 77.7 Å². The highest BCUT2D eigenvalue weighted by atomic mass is 35.5. The molecule has 0 aliphatic carbocycles. The second-order valence-electron chi connectivity index (χ2n) is 8.42. The van der Waals surface area contributed by atoms with Crippen LogP contribution in [-0.2, 0) is 17.1 Å². The van der Waals surface area contributed by atoms with E-state index in [0.29, 0.717) is 0 Å². The normalized spacial score (nSPS) is 14.9. The SMILES string of the molecule is Cc1cc(CSc2ccccc2)ccc1NC(=O)C1CCN(Cc2cccc(Cl)c2)CC1. The molecule has 0 aromatic heterocycles. The van der Waals surface area contributed by atoms with Gasteiger partial charge in [0, 0.05) is 33.8 Å². The van der Waals surface area contributed by atoms with Crippen molar-refractivity contribution in [2.24, 2.45) is 5.92 Å². The van der Waals surface area contributed by atoms with E-state index in [-0.39, 0.29) is 11.8 Å². The van der Waals surface area contributed by atoms with Crippen molar-refractivity contribution in [2.45, 2.75) is 37.0 Å². The van der Waals surface area contributed by atoms with Crippen LogP contribution in [0.2, 0.25) is 5.02 Å². The van der Waals surface area contributed by atoms with Crippen LogP contribution in [0.5, 0.6) is 0 Å². The number of anilines is 1. The molecule has 0 spiro atoms. The maximum atomic E-state index is 12.9. The largest absolute Gasteiger partial charge is 0.326 e. The first-order valence-corrected chi connectivity index (χ1v) is 12.5. The Bertz CT molecular complexity index is 1050. The highest BCUT2D eigenvalue weighted by Crippen LogP contribution is 2.26. The van der Waals surface area contributed by atoms with Gasteiger partial charge in [-0.15, -0.1) is 11.8 Å². The van der Waals surface area contributed by atoms with Crippen molar-refractivity contribution in [3.8, 4) is 0 Å². The molecule has 1 aliphatic heterocycles. The lowest BCUT2D eigenvalue weighted by Gasteiger charge is -2.31. The zero-order valence-electron chi connectivity index (χ0n) is 18.4. The Balaban J connectivity index is 1.26. The van der Waals surface area contributed by atoms with E-state index < -0.39 is 0 Å². The van der Waals surface area contributed by atoms with Crippen LogP contribution in [0.1, 0.15) is 29.5 Å². The lowest BCUT2D eigenvalue weighted by molar-refractivity contribution is -0.121. The molecule has 3 aromatic rings. The fourth-order valence-corrected chi connectivity index (χ4v) is 5.20. The standard InChI is InChI=1S/C27H29ClN2OS/c1-20-16-22(19-32-25-8-3-2-4-9-25)10-11-26(20)29-27(31)23-12-14-30(15-13-23)18-21-6-5-7-24(28)17-21/h2-11,16-17,23H,12-15,18-19H2,1H3,(H,29,31). The molecule has 0 atom stereocenters. The van der Waals surface area contributed by atoms with Gasteiger partial charge in [-0.25, -0.2) is 0 Å². The molecule has 5 heteroatoms. The van der Waals surface area contributed by atoms with Crippen molar-refractivity contribution < 1.29 is 4.79 Å². The average Bonchev–Trinajstić information content (AvgIpc) is 2.80. The molecule has 0 saturated carbocycles. The van der Waals surface area contributed by atoms with E-state index >= 15 is 0 Å². The number of nitrogens with one attached hydrogen (secondary N) is 1. The third-order valence-electron chi connectivity index (χ3n) is 5.95. The van der Waals surface area contributed by atoms with Crippen molar-refractivity contribution in [1.82, 2.24) is 4.90 Å². The minimum Gasteiger partial charge on any atom is -0.326 e. The smallest absolute Gasteiger partial charge is 0.227 e.